The van der Waals surface area contributed by atoms with E-state index in [1.165, 1.54) is 23.9 Å². The van der Waals surface area contributed by atoms with Crippen LogP contribution in [0.25, 0.3) is 0 Å². The van der Waals surface area contributed by atoms with E-state index in [2.05, 4.69) is 6.58 Å². The van der Waals surface area contributed by atoms with Crippen molar-refractivity contribution >= 4 is 23.3 Å². The summed E-state index contributed by atoms with van der Waals surface area (Å²) in [5, 5.41) is 7.29. The molecule has 0 aromatic rings. The number of ketones is 1. The highest BCUT2D eigenvalue weighted by Gasteiger charge is 2.10. The Morgan fingerprint density at radius 2 is 2.33 bits per heavy atom. The van der Waals surface area contributed by atoms with Gasteiger partial charge < -0.3 is 5.41 Å². The van der Waals surface area contributed by atoms with E-state index in [1.54, 1.807) is 12.2 Å². The monoisotopic (exact) mass is 179 g/mol. The smallest absolute Gasteiger partial charge is 0.192 e. The lowest BCUT2D eigenvalue weighted by Crippen LogP contribution is -2.04. The second-order valence-electron chi connectivity index (χ2n) is 2.26. The summed E-state index contributed by atoms with van der Waals surface area (Å²) in [6.45, 7) is 3.56. The first kappa shape index (κ1) is 9.00. The van der Waals surface area contributed by atoms with E-state index in [1.807, 2.05) is 0 Å². The molecule has 0 heterocycles. The Hall–Kier alpha value is -1.09. The summed E-state index contributed by atoms with van der Waals surface area (Å²) in [6.07, 6.45) is 6.24. The van der Waals surface area contributed by atoms with Crippen LogP contribution < -0.4 is 0 Å². The zero-order chi connectivity index (χ0) is 8.97. The van der Waals surface area contributed by atoms with Gasteiger partial charge in [0.05, 0.1) is 10.6 Å². The normalized spacial score (nSPS) is 16.2. The molecule has 0 unspecified atom stereocenters. The number of hydrogen-bond donors (Lipinski definition) is 1. The second kappa shape index (κ2) is 4.07. The van der Waals surface area contributed by atoms with Gasteiger partial charge in [0, 0.05) is 5.75 Å². The molecule has 0 aromatic carbocycles. The molecule has 0 saturated carbocycles. The molecule has 0 spiro atoms. The molecule has 0 amide bonds. The van der Waals surface area contributed by atoms with Crippen LogP contribution in [0.2, 0.25) is 0 Å². The first-order chi connectivity index (χ1) is 5.74. The van der Waals surface area contributed by atoms with Gasteiger partial charge in [0.1, 0.15) is 0 Å². The quantitative estimate of drug-likeness (QED) is 0.531. The molecule has 0 saturated heterocycles. The van der Waals surface area contributed by atoms with Crippen LogP contribution >= 0.6 is 11.8 Å². The summed E-state index contributed by atoms with van der Waals surface area (Å²) in [7, 11) is 0. The van der Waals surface area contributed by atoms with Crippen LogP contribution in [0.1, 0.15) is 0 Å². The summed E-state index contributed by atoms with van der Waals surface area (Å²) < 4.78 is 0. The highest BCUT2D eigenvalue weighted by Crippen LogP contribution is 2.19. The lowest BCUT2D eigenvalue weighted by molar-refractivity contribution is -0.110. The fraction of sp³-hybridized carbons (Fsp3) is 0.111. The Morgan fingerprint density at radius 3 is 3.00 bits per heavy atom. The largest absolute Gasteiger partial charge is 0.301 e. The summed E-state index contributed by atoms with van der Waals surface area (Å²) >= 11 is 1.41. The molecule has 1 rings (SSSR count). The van der Waals surface area contributed by atoms with Gasteiger partial charge in [-0.1, -0.05) is 6.08 Å². The second-order valence-corrected chi connectivity index (χ2v) is 3.32. The van der Waals surface area contributed by atoms with E-state index >= 15 is 0 Å². The molecule has 62 valence electrons. The molecule has 0 fully saturated rings. The van der Waals surface area contributed by atoms with E-state index in [0.717, 1.165) is 0 Å². The Labute approximate surface area is 75.6 Å². The Kier molecular flexibility index (Phi) is 3.05. The van der Waals surface area contributed by atoms with Crippen molar-refractivity contribution in [1.82, 2.24) is 0 Å². The third-order valence-corrected chi connectivity index (χ3v) is 2.33. The summed E-state index contributed by atoms with van der Waals surface area (Å²) in [6, 6.07) is 0. The fourth-order valence-corrected chi connectivity index (χ4v) is 1.49. The minimum absolute atomic E-state index is 0.0159. The number of nitrogens with one attached hydrogen (secondary N) is 1. The predicted octanol–water partition coefficient (Wildman–Crippen LogP) is 1.95. The molecule has 2 nitrogen and oxygen atoms in total. The molecule has 0 bridgehead atoms. The van der Waals surface area contributed by atoms with Crippen molar-refractivity contribution < 1.29 is 4.79 Å². The molecular weight excluding hydrogens is 170 g/mol. The number of hydrogen-bond acceptors (Lipinski definition) is 3. The SMILES string of the molecule is C=CCSC1=CC(=N)C=CC1=O. The summed E-state index contributed by atoms with van der Waals surface area (Å²) in [4.78, 5) is 11.8. The van der Waals surface area contributed by atoms with Crippen molar-refractivity contribution in [3.05, 3.63) is 35.8 Å². The fourth-order valence-electron chi connectivity index (χ4n) is 0.770. The maximum absolute atomic E-state index is 11.1. The van der Waals surface area contributed by atoms with E-state index < -0.39 is 0 Å². The van der Waals surface area contributed by atoms with Crippen LogP contribution in [0, 0.1) is 5.41 Å². The van der Waals surface area contributed by atoms with Crippen LogP contribution in [-0.2, 0) is 4.79 Å². The van der Waals surface area contributed by atoms with Crippen molar-refractivity contribution in [2.45, 2.75) is 0 Å². The van der Waals surface area contributed by atoms with E-state index in [-0.39, 0.29) is 5.78 Å². The van der Waals surface area contributed by atoms with E-state index in [0.29, 0.717) is 16.4 Å². The highest BCUT2D eigenvalue weighted by molar-refractivity contribution is 8.04. The van der Waals surface area contributed by atoms with Crippen LogP contribution in [0.5, 0.6) is 0 Å². The molecule has 3 heteroatoms. The van der Waals surface area contributed by atoms with Gasteiger partial charge >= 0.3 is 0 Å². The zero-order valence-corrected chi connectivity index (χ0v) is 7.36. The summed E-state index contributed by atoms with van der Waals surface area (Å²) in [5.41, 5.74) is 0.376. The van der Waals surface area contributed by atoms with Gasteiger partial charge in [-0.25, -0.2) is 0 Å². The lowest BCUT2D eigenvalue weighted by atomic mass is 10.2. The molecule has 0 atom stereocenters. The minimum atomic E-state index is -0.0159. The standard InChI is InChI=1S/C9H9NOS/c1-2-5-12-9-6-7(10)3-4-8(9)11/h2-4,6,10H,1,5H2. The van der Waals surface area contributed by atoms with Gasteiger partial charge in [0.2, 0.25) is 0 Å². The van der Waals surface area contributed by atoms with Crippen LogP contribution in [0.4, 0.5) is 0 Å². The Morgan fingerprint density at radius 1 is 1.58 bits per heavy atom. The Bertz CT molecular complexity index is 289. The predicted molar refractivity (Wildman–Crippen MR) is 52.6 cm³/mol. The third kappa shape index (κ3) is 2.20. The number of carbonyl (C=O) groups is 1. The molecule has 1 aliphatic rings. The third-order valence-electron chi connectivity index (χ3n) is 1.30. The number of rotatable bonds is 3. The molecule has 0 aliphatic heterocycles. The topological polar surface area (TPSA) is 40.9 Å². The van der Waals surface area contributed by atoms with Crippen molar-refractivity contribution in [3.8, 4) is 0 Å². The number of carbonyl (C=O) groups excluding carboxylic acids is 1. The van der Waals surface area contributed by atoms with Crippen molar-refractivity contribution in [3.63, 3.8) is 0 Å². The summed E-state index contributed by atoms with van der Waals surface area (Å²) in [5.74, 6) is 0.691. The molecule has 1 aliphatic carbocycles. The molecular formula is C9H9NOS. The van der Waals surface area contributed by atoms with Gasteiger partial charge in [-0.2, -0.15) is 0 Å². The number of allylic oxidation sites excluding steroid dienone is 4. The van der Waals surface area contributed by atoms with Crippen LogP contribution in [0.3, 0.4) is 0 Å². The molecule has 1 N–H and O–H groups in total. The maximum Gasteiger partial charge on any atom is 0.192 e. The van der Waals surface area contributed by atoms with Crippen molar-refractivity contribution in [2.24, 2.45) is 0 Å². The average molecular weight is 179 g/mol. The molecule has 0 aromatic heterocycles. The van der Waals surface area contributed by atoms with Gasteiger partial charge in [-0.3, -0.25) is 4.79 Å². The maximum atomic E-state index is 11.1. The zero-order valence-electron chi connectivity index (χ0n) is 6.54. The molecule has 0 radical (unpaired) electrons. The van der Waals surface area contributed by atoms with Crippen LogP contribution in [-0.4, -0.2) is 17.2 Å². The first-order valence-electron chi connectivity index (χ1n) is 3.50. The van der Waals surface area contributed by atoms with Crippen molar-refractivity contribution in [1.29, 1.82) is 5.41 Å². The van der Waals surface area contributed by atoms with E-state index in [9.17, 15) is 4.79 Å². The van der Waals surface area contributed by atoms with E-state index in [4.69, 9.17) is 5.41 Å². The molecule has 12 heavy (non-hydrogen) atoms. The Balaban J connectivity index is 2.67. The minimum Gasteiger partial charge on any atom is -0.301 e. The van der Waals surface area contributed by atoms with Gasteiger partial charge in [0.25, 0.3) is 0 Å². The average Bonchev–Trinajstić information content (AvgIpc) is 2.07. The first-order valence-corrected chi connectivity index (χ1v) is 4.49. The lowest BCUT2D eigenvalue weighted by Gasteiger charge is -2.04. The van der Waals surface area contributed by atoms with Crippen LogP contribution in [0.15, 0.2) is 35.8 Å². The highest BCUT2D eigenvalue weighted by atomic mass is 32.2. The van der Waals surface area contributed by atoms with Gasteiger partial charge in [0.15, 0.2) is 5.78 Å². The number of thioether (sulfide) groups is 1. The van der Waals surface area contributed by atoms with Crippen molar-refractivity contribution in [2.75, 3.05) is 5.75 Å². The van der Waals surface area contributed by atoms with Gasteiger partial charge in [-0.05, 0) is 18.2 Å². The van der Waals surface area contributed by atoms with Gasteiger partial charge in [-0.15, -0.1) is 18.3 Å².